The predicted molar refractivity (Wildman–Crippen MR) is 76.9 cm³/mol. The molecule has 0 radical (unpaired) electrons. The largest absolute Gasteiger partial charge is 0.299 e. The Hall–Kier alpha value is -0.950. The molecule has 5 nitrogen and oxygen atoms in total. The Bertz CT molecular complexity index is 622. The van der Waals surface area contributed by atoms with E-state index in [-0.39, 0.29) is 0 Å². The highest BCUT2D eigenvalue weighted by atomic mass is 79.9. The van der Waals surface area contributed by atoms with Crippen LogP contribution in [0.15, 0.2) is 4.47 Å². The summed E-state index contributed by atoms with van der Waals surface area (Å²) < 4.78 is 5.42. The van der Waals surface area contributed by atoms with Gasteiger partial charge in [-0.2, -0.15) is 10.2 Å². The van der Waals surface area contributed by atoms with Crippen molar-refractivity contribution in [1.82, 2.24) is 24.5 Å². The number of aromatic nitrogens is 5. The van der Waals surface area contributed by atoms with Gasteiger partial charge in [0.2, 0.25) is 0 Å². The average molecular weight is 330 g/mol. The molecule has 1 N–H and O–H groups in total. The Morgan fingerprint density at radius 3 is 2.61 bits per heavy atom. The van der Waals surface area contributed by atoms with Crippen molar-refractivity contribution >= 4 is 28.1 Å². The third-order valence-corrected chi connectivity index (χ3v) is 4.04. The van der Waals surface area contributed by atoms with E-state index in [0.717, 1.165) is 28.2 Å². The van der Waals surface area contributed by atoms with Gasteiger partial charge in [0.05, 0.1) is 4.47 Å². The lowest BCUT2D eigenvalue weighted by Crippen LogP contribution is -2.07. The third kappa shape index (κ3) is 2.29. The summed E-state index contributed by atoms with van der Waals surface area (Å²) in [5.41, 5.74) is 1.89. The van der Waals surface area contributed by atoms with Gasteiger partial charge in [-0.1, -0.05) is 13.8 Å². The second-order valence-electron chi connectivity index (χ2n) is 4.73. The van der Waals surface area contributed by atoms with E-state index in [0.29, 0.717) is 10.7 Å². The van der Waals surface area contributed by atoms with Crippen LogP contribution in [0.4, 0.5) is 0 Å². The minimum Gasteiger partial charge on any atom is -0.299 e. The van der Waals surface area contributed by atoms with E-state index in [2.05, 4.69) is 45.1 Å². The molecule has 0 atom stereocenters. The van der Waals surface area contributed by atoms with Gasteiger partial charge in [0.15, 0.2) is 10.6 Å². The molecule has 0 bridgehead atoms. The quantitative estimate of drug-likeness (QED) is 0.880. The maximum absolute atomic E-state index is 5.27. The second kappa shape index (κ2) is 4.97. The molecule has 2 heterocycles. The van der Waals surface area contributed by atoms with Crippen LogP contribution < -0.4 is 0 Å². The van der Waals surface area contributed by atoms with Crippen LogP contribution in [0.5, 0.6) is 0 Å². The van der Waals surface area contributed by atoms with Crippen LogP contribution in [-0.4, -0.2) is 24.5 Å². The molecule has 2 aromatic rings. The van der Waals surface area contributed by atoms with E-state index in [4.69, 9.17) is 12.2 Å². The topological polar surface area (TPSA) is 51.4 Å². The molecular weight excluding hydrogens is 314 g/mol. The van der Waals surface area contributed by atoms with E-state index in [9.17, 15) is 0 Å². The molecule has 98 valence electrons. The monoisotopic (exact) mass is 329 g/mol. The number of nitrogens with one attached hydrogen (secondary N) is 1. The normalized spacial score (nSPS) is 11.4. The van der Waals surface area contributed by atoms with E-state index in [1.807, 2.05) is 23.2 Å². The summed E-state index contributed by atoms with van der Waals surface area (Å²) >= 11 is 8.83. The number of halogens is 1. The number of H-pyrrole nitrogens is 1. The van der Waals surface area contributed by atoms with Gasteiger partial charge in [-0.25, -0.2) is 0 Å². The molecule has 0 saturated carbocycles. The van der Waals surface area contributed by atoms with Crippen molar-refractivity contribution in [3.63, 3.8) is 0 Å². The summed E-state index contributed by atoms with van der Waals surface area (Å²) in [5.74, 6) is 1.28. The molecule has 0 unspecified atom stereocenters. The van der Waals surface area contributed by atoms with Gasteiger partial charge in [-0.3, -0.25) is 14.3 Å². The Morgan fingerprint density at radius 1 is 1.44 bits per heavy atom. The summed E-state index contributed by atoms with van der Waals surface area (Å²) in [6.45, 7) is 7.13. The minimum absolute atomic E-state index is 0.497. The number of rotatable bonds is 3. The molecule has 7 heteroatoms. The lowest BCUT2D eigenvalue weighted by Gasteiger charge is -2.07. The Labute approximate surface area is 119 Å². The molecule has 0 aliphatic rings. The molecular formula is C11H16BrN5S. The highest BCUT2D eigenvalue weighted by Crippen LogP contribution is 2.28. The molecule has 18 heavy (non-hydrogen) atoms. The molecule has 0 aromatic carbocycles. The van der Waals surface area contributed by atoms with Gasteiger partial charge in [0.1, 0.15) is 5.69 Å². The number of hydrogen-bond donors (Lipinski definition) is 1. The standard InChI is InChI=1S/C11H16BrN5S/c1-6(2)5-17-10(13-14-11(17)18)9-8(12)7(3)16(4)15-9/h6H,5H2,1-4H3,(H,14,18). The highest BCUT2D eigenvalue weighted by Gasteiger charge is 2.18. The maximum atomic E-state index is 5.27. The maximum Gasteiger partial charge on any atom is 0.195 e. The van der Waals surface area contributed by atoms with Crippen molar-refractivity contribution in [2.24, 2.45) is 13.0 Å². The van der Waals surface area contributed by atoms with Crippen LogP contribution in [0.3, 0.4) is 0 Å². The zero-order valence-corrected chi connectivity index (χ0v) is 13.3. The van der Waals surface area contributed by atoms with Crippen molar-refractivity contribution in [3.05, 3.63) is 14.9 Å². The van der Waals surface area contributed by atoms with Gasteiger partial charge in [-0.05, 0) is 41.0 Å². The highest BCUT2D eigenvalue weighted by molar-refractivity contribution is 9.10. The first-order valence-electron chi connectivity index (χ1n) is 5.76. The fourth-order valence-corrected chi connectivity index (χ4v) is 2.48. The Morgan fingerprint density at radius 2 is 2.11 bits per heavy atom. The van der Waals surface area contributed by atoms with Gasteiger partial charge in [0.25, 0.3) is 0 Å². The fraction of sp³-hybridized carbons (Fsp3) is 0.545. The first-order valence-corrected chi connectivity index (χ1v) is 6.96. The van der Waals surface area contributed by atoms with E-state index < -0.39 is 0 Å². The molecule has 2 aromatic heterocycles. The molecule has 0 aliphatic carbocycles. The predicted octanol–water partition coefficient (Wildman–Crippen LogP) is 3.07. The van der Waals surface area contributed by atoms with E-state index in [1.54, 1.807) is 0 Å². The number of aromatic amines is 1. The average Bonchev–Trinajstić information content (AvgIpc) is 2.75. The van der Waals surface area contributed by atoms with Crippen molar-refractivity contribution in [2.75, 3.05) is 0 Å². The van der Waals surface area contributed by atoms with Crippen LogP contribution in [0, 0.1) is 17.6 Å². The van der Waals surface area contributed by atoms with Crippen LogP contribution in [0.2, 0.25) is 0 Å². The van der Waals surface area contributed by atoms with Gasteiger partial charge in [-0.15, -0.1) is 0 Å². The summed E-state index contributed by atoms with van der Waals surface area (Å²) in [6.07, 6.45) is 0. The van der Waals surface area contributed by atoms with Crippen molar-refractivity contribution in [3.8, 4) is 11.5 Å². The summed E-state index contributed by atoms with van der Waals surface area (Å²) in [4.78, 5) is 0. The van der Waals surface area contributed by atoms with Gasteiger partial charge in [0, 0.05) is 19.3 Å². The van der Waals surface area contributed by atoms with Gasteiger partial charge < -0.3 is 0 Å². The van der Waals surface area contributed by atoms with Crippen LogP contribution >= 0.6 is 28.1 Å². The van der Waals surface area contributed by atoms with Crippen LogP contribution in [0.1, 0.15) is 19.5 Å². The van der Waals surface area contributed by atoms with Crippen molar-refractivity contribution < 1.29 is 0 Å². The summed E-state index contributed by atoms with van der Waals surface area (Å²) in [6, 6.07) is 0. The third-order valence-electron chi connectivity index (χ3n) is 2.78. The summed E-state index contributed by atoms with van der Waals surface area (Å²) in [5, 5.41) is 11.6. The van der Waals surface area contributed by atoms with Crippen LogP contribution in [-0.2, 0) is 13.6 Å². The smallest absolute Gasteiger partial charge is 0.195 e. The van der Waals surface area contributed by atoms with Crippen molar-refractivity contribution in [2.45, 2.75) is 27.3 Å². The molecule has 2 rings (SSSR count). The zero-order chi connectivity index (χ0) is 13.4. The molecule has 0 fully saturated rings. The molecule has 0 amide bonds. The molecule has 0 saturated heterocycles. The fourth-order valence-electron chi connectivity index (χ4n) is 1.76. The zero-order valence-electron chi connectivity index (χ0n) is 10.9. The Kier molecular flexibility index (Phi) is 3.72. The van der Waals surface area contributed by atoms with Gasteiger partial charge >= 0.3 is 0 Å². The molecule has 0 aliphatic heterocycles. The Balaban J connectivity index is 2.57. The SMILES string of the molecule is Cc1c(Br)c(-c2n[nH]c(=S)n2CC(C)C)nn1C. The van der Waals surface area contributed by atoms with Crippen molar-refractivity contribution in [1.29, 1.82) is 0 Å². The number of nitrogens with zero attached hydrogens (tertiary/aromatic N) is 4. The summed E-state index contributed by atoms with van der Waals surface area (Å²) in [7, 11) is 1.91. The van der Waals surface area contributed by atoms with E-state index in [1.165, 1.54) is 0 Å². The molecule has 0 spiro atoms. The lowest BCUT2D eigenvalue weighted by molar-refractivity contribution is 0.520. The van der Waals surface area contributed by atoms with Crippen LogP contribution in [0.25, 0.3) is 11.5 Å². The lowest BCUT2D eigenvalue weighted by atomic mass is 10.2. The number of hydrogen-bond acceptors (Lipinski definition) is 3. The number of aryl methyl sites for hydroxylation is 1. The first kappa shape index (κ1) is 13.5. The first-order chi connectivity index (χ1) is 8.41. The van der Waals surface area contributed by atoms with E-state index >= 15 is 0 Å². The second-order valence-corrected chi connectivity index (χ2v) is 5.91. The minimum atomic E-state index is 0.497.